The Morgan fingerprint density at radius 3 is 2.75 bits per heavy atom. The average molecular weight is 395 g/mol. The summed E-state index contributed by atoms with van der Waals surface area (Å²) in [7, 11) is 0. The lowest BCUT2D eigenvalue weighted by Crippen LogP contribution is -2.47. The maximum Gasteiger partial charge on any atom is 0.244 e. The van der Waals surface area contributed by atoms with Crippen LogP contribution in [0.1, 0.15) is 24.4 Å². The Kier molecular flexibility index (Phi) is 5.24. The van der Waals surface area contributed by atoms with Crippen LogP contribution in [-0.2, 0) is 0 Å². The molecule has 0 spiro atoms. The van der Waals surface area contributed by atoms with Gasteiger partial charge < -0.3 is 9.42 Å². The second-order valence-electron chi connectivity index (χ2n) is 6.65. The predicted molar refractivity (Wildman–Crippen MR) is 106 cm³/mol. The Balaban J connectivity index is 1.43. The van der Waals surface area contributed by atoms with E-state index in [4.69, 9.17) is 16.1 Å². The fourth-order valence-corrected chi connectivity index (χ4v) is 3.55. The molecule has 3 aromatic rings. The molecule has 4 rings (SSSR count). The number of benzene rings is 1. The van der Waals surface area contributed by atoms with Gasteiger partial charge in [0, 0.05) is 43.0 Å². The molecule has 1 unspecified atom stereocenters. The highest BCUT2D eigenvalue weighted by Gasteiger charge is 2.27. The summed E-state index contributed by atoms with van der Waals surface area (Å²) in [4.78, 5) is 13.4. The summed E-state index contributed by atoms with van der Waals surface area (Å²) in [5.41, 5.74) is 1.44. The Labute approximate surface area is 168 Å². The molecule has 1 aromatic carbocycles. The Morgan fingerprint density at radius 2 is 2.00 bits per heavy atom. The summed E-state index contributed by atoms with van der Waals surface area (Å²) in [6.07, 6.45) is 1.72. The van der Waals surface area contributed by atoms with Crippen molar-refractivity contribution < 1.29 is 4.52 Å². The van der Waals surface area contributed by atoms with E-state index in [1.807, 2.05) is 24.3 Å². The summed E-state index contributed by atoms with van der Waals surface area (Å²) in [5.74, 6) is 1.87. The molecule has 0 amide bonds. The number of anilines is 1. The monoisotopic (exact) mass is 394 g/mol. The molecule has 1 atom stereocenters. The fraction of sp³-hybridized carbons (Fsp3) is 0.300. The highest BCUT2D eigenvalue weighted by atomic mass is 35.5. The molecule has 0 N–H and O–H groups in total. The first-order valence-electron chi connectivity index (χ1n) is 9.09. The van der Waals surface area contributed by atoms with Gasteiger partial charge in [0.1, 0.15) is 11.9 Å². The molecule has 142 valence electrons. The van der Waals surface area contributed by atoms with Gasteiger partial charge in [-0.05, 0) is 31.2 Å². The quantitative estimate of drug-likeness (QED) is 0.669. The van der Waals surface area contributed by atoms with E-state index < -0.39 is 0 Å². The number of piperazine rings is 1. The third-order valence-electron chi connectivity index (χ3n) is 4.95. The minimum Gasteiger partial charge on any atom is -0.353 e. The fourth-order valence-electron chi connectivity index (χ4n) is 3.36. The van der Waals surface area contributed by atoms with E-state index in [0.717, 1.165) is 37.6 Å². The van der Waals surface area contributed by atoms with Gasteiger partial charge in [-0.3, -0.25) is 4.90 Å². The lowest BCUT2D eigenvalue weighted by Gasteiger charge is -2.37. The second-order valence-corrected chi connectivity index (χ2v) is 7.09. The van der Waals surface area contributed by atoms with E-state index in [0.29, 0.717) is 22.3 Å². The maximum absolute atomic E-state index is 9.29. The highest BCUT2D eigenvalue weighted by Crippen LogP contribution is 2.26. The first-order chi connectivity index (χ1) is 13.7. The van der Waals surface area contributed by atoms with Crippen molar-refractivity contribution in [3.8, 4) is 17.5 Å². The molecule has 3 heterocycles. The number of halogens is 1. The van der Waals surface area contributed by atoms with Crippen LogP contribution < -0.4 is 4.90 Å². The van der Waals surface area contributed by atoms with Crippen LogP contribution in [0.5, 0.6) is 0 Å². The first kappa shape index (κ1) is 18.4. The first-order valence-corrected chi connectivity index (χ1v) is 9.47. The van der Waals surface area contributed by atoms with E-state index in [2.05, 4.69) is 37.9 Å². The molecule has 1 aliphatic rings. The number of nitriles is 1. The summed E-state index contributed by atoms with van der Waals surface area (Å²) >= 11 is 6.05. The number of pyridine rings is 1. The van der Waals surface area contributed by atoms with Gasteiger partial charge in [-0.15, -0.1) is 0 Å². The van der Waals surface area contributed by atoms with E-state index in [9.17, 15) is 5.26 Å². The molecule has 8 heteroatoms. The molecule has 1 fully saturated rings. The molecule has 0 radical (unpaired) electrons. The van der Waals surface area contributed by atoms with Crippen LogP contribution in [0.2, 0.25) is 5.02 Å². The van der Waals surface area contributed by atoms with Crippen molar-refractivity contribution in [1.29, 1.82) is 5.26 Å². The van der Waals surface area contributed by atoms with E-state index >= 15 is 0 Å². The van der Waals surface area contributed by atoms with Gasteiger partial charge >= 0.3 is 0 Å². The van der Waals surface area contributed by atoms with Gasteiger partial charge in [-0.1, -0.05) is 28.9 Å². The second kappa shape index (κ2) is 7.97. The molecule has 2 aromatic heterocycles. The molecule has 0 saturated carbocycles. The molecule has 0 aliphatic carbocycles. The summed E-state index contributed by atoms with van der Waals surface area (Å²) in [6.45, 7) is 5.26. The minimum atomic E-state index is 0.00162. The zero-order valence-corrected chi connectivity index (χ0v) is 16.2. The van der Waals surface area contributed by atoms with Crippen molar-refractivity contribution in [3.63, 3.8) is 0 Å². The van der Waals surface area contributed by atoms with Crippen molar-refractivity contribution in [2.24, 2.45) is 0 Å². The van der Waals surface area contributed by atoms with Crippen molar-refractivity contribution in [2.75, 3.05) is 31.1 Å². The predicted octanol–water partition coefficient (Wildman–Crippen LogP) is 3.54. The number of hydrogen-bond donors (Lipinski definition) is 0. The zero-order valence-electron chi connectivity index (χ0n) is 15.4. The van der Waals surface area contributed by atoms with Crippen LogP contribution in [-0.4, -0.2) is 46.2 Å². The van der Waals surface area contributed by atoms with Crippen molar-refractivity contribution in [3.05, 3.63) is 59.1 Å². The van der Waals surface area contributed by atoms with Crippen molar-refractivity contribution in [2.45, 2.75) is 13.0 Å². The van der Waals surface area contributed by atoms with Crippen LogP contribution in [0, 0.1) is 11.3 Å². The number of nitrogens with zero attached hydrogens (tertiary/aromatic N) is 6. The Hall–Kier alpha value is -2.95. The number of hydrogen-bond acceptors (Lipinski definition) is 7. The molecule has 7 nitrogen and oxygen atoms in total. The summed E-state index contributed by atoms with van der Waals surface area (Å²) in [5, 5.41) is 14.0. The smallest absolute Gasteiger partial charge is 0.244 e. The minimum absolute atomic E-state index is 0.00162. The lowest BCUT2D eigenvalue weighted by molar-refractivity contribution is 0.164. The largest absolute Gasteiger partial charge is 0.353 e. The van der Waals surface area contributed by atoms with Crippen molar-refractivity contribution in [1.82, 2.24) is 20.0 Å². The lowest BCUT2D eigenvalue weighted by atomic mass is 10.2. The SMILES string of the molecule is CC(c1nc(-c2cccc(Cl)c2)no1)N1CCN(c2ncccc2C#N)CC1. The third kappa shape index (κ3) is 3.70. The van der Waals surface area contributed by atoms with Crippen molar-refractivity contribution >= 4 is 17.4 Å². The molecule has 0 bridgehead atoms. The standard InChI is InChI=1S/C20H19ClN6O/c1-14(20-24-18(25-28-20)15-4-2-6-17(21)12-15)26-8-10-27(11-9-26)19-16(13-22)5-3-7-23-19/h2-7,12,14H,8-11H2,1H3. The van der Waals surface area contributed by atoms with Crippen LogP contribution in [0.4, 0.5) is 5.82 Å². The molecular formula is C20H19ClN6O. The van der Waals surface area contributed by atoms with Gasteiger partial charge in [-0.25, -0.2) is 4.98 Å². The van der Waals surface area contributed by atoms with Gasteiger partial charge in [0.15, 0.2) is 0 Å². The van der Waals surface area contributed by atoms with E-state index in [-0.39, 0.29) is 6.04 Å². The topological polar surface area (TPSA) is 82.1 Å². The van der Waals surface area contributed by atoms with Gasteiger partial charge in [0.25, 0.3) is 0 Å². The normalized spacial score (nSPS) is 16.0. The highest BCUT2D eigenvalue weighted by molar-refractivity contribution is 6.30. The van der Waals surface area contributed by atoms with Crippen LogP contribution in [0.25, 0.3) is 11.4 Å². The molecule has 28 heavy (non-hydrogen) atoms. The number of rotatable bonds is 4. The number of aromatic nitrogens is 3. The molecule has 1 saturated heterocycles. The van der Waals surface area contributed by atoms with Crippen LogP contribution >= 0.6 is 11.6 Å². The molecule has 1 aliphatic heterocycles. The Bertz CT molecular complexity index is 1010. The zero-order chi connectivity index (χ0) is 19.5. The van der Waals surface area contributed by atoms with Gasteiger partial charge in [0.2, 0.25) is 11.7 Å². The third-order valence-corrected chi connectivity index (χ3v) is 5.19. The summed E-state index contributed by atoms with van der Waals surface area (Å²) in [6, 6.07) is 13.2. The van der Waals surface area contributed by atoms with Crippen LogP contribution in [0.15, 0.2) is 47.1 Å². The van der Waals surface area contributed by atoms with Crippen LogP contribution in [0.3, 0.4) is 0 Å². The average Bonchev–Trinajstić information content (AvgIpc) is 3.24. The van der Waals surface area contributed by atoms with Gasteiger partial charge in [0.05, 0.1) is 11.6 Å². The van der Waals surface area contributed by atoms with E-state index in [1.165, 1.54) is 0 Å². The maximum atomic E-state index is 9.29. The Morgan fingerprint density at radius 1 is 1.18 bits per heavy atom. The van der Waals surface area contributed by atoms with Gasteiger partial charge in [-0.2, -0.15) is 10.2 Å². The summed E-state index contributed by atoms with van der Waals surface area (Å²) < 4.78 is 5.51. The van der Waals surface area contributed by atoms with E-state index in [1.54, 1.807) is 18.3 Å². The molecular weight excluding hydrogens is 376 g/mol.